The SMILES string of the molecule is O=c1ccc2c(n1C[C@H]1CCCN1)CCC2. The van der Waals surface area contributed by atoms with E-state index >= 15 is 0 Å². The number of nitrogens with zero attached hydrogens (tertiary/aromatic N) is 1. The lowest BCUT2D eigenvalue weighted by molar-refractivity contribution is 0.488. The van der Waals surface area contributed by atoms with Crippen molar-refractivity contribution in [2.24, 2.45) is 0 Å². The Balaban J connectivity index is 1.93. The Labute approximate surface area is 95.5 Å². The second-order valence-electron chi connectivity index (χ2n) is 4.90. The van der Waals surface area contributed by atoms with Crippen molar-refractivity contribution in [2.45, 2.75) is 44.7 Å². The van der Waals surface area contributed by atoms with Crippen molar-refractivity contribution in [2.75, 3.05) is 6.54 Å². The fourth-order valence-electron chi connectivity index (χ4n) is 2.97. The zero-order valence-electron chi connectivity index (χ0n) is 9.54. The first-order chi connectivity index (χ1) is 7.84. The van der Waals surface area contributed by atoms with Crippen LogP contribution in [-0.2, 0) is 19.4 Å². The van der Waals surface area contributed by atoms with Gasteiger partial charge in [0, 0.05) is 24.3 Å². The summed E-state index contributed by atoms with van der Waals surface area (Å²) in [6.45, 7) is 1.97. The van der Waals surface area contributed by atoms with E-state index in [0.29, 0.717) is 6.04 Å². The van der Waals surface area contributed by atoms with Crippen LogP contribution in [0.25, 0.3) is 0 Å². The molecule has 0 unspecified atom stereocenters. The maximum absolute atomic E-state index is 11.9. The summed E-state index contributed by atoms with van der Waals surface area (Å²) in [7, 11) is 0. The summed E-state index contributed by atoms with van der Waals surface area (Å²) in [5.41, 5.74) is 2.85. The number of rotatable bonds is 2. The fraction of sp³-hybridized carbons (Fsp3) is 0.615. The average molecular weight is 218 g/mol. The number of hydrogen-bond donors (Lipinski definition) is 1. The summed E-state index contributed by atoms with van der Waals surface area (Å²) in [5.74, 6) is 0. The van der Waals surface area contributed by atoms with Gasteiger partial charge in [-0.3, -0.25) is 4.79 Å². The van der Waals surface area contributed by atoms with Crippen LogP contribution in [0.3, 0.4) is 0 Å². The molecule has 0 bridgehead atoms. The van der Waals surface area contributed by atoms with Crippen LogP contribution in [0.15, 0.2) is 16.9 Å². The van der Waals surface area contributed by atoms with E-state index in [2.05, 4.69) is 5.32 Å². The van der Waals surface area contributed by atoms with Gasteiger partial charge in [-0.2, -0.15) is 0 Å². The van der Waals surface area contributed by atoms with Gasteiger partial charge in [0.1, 0.15) is 0 Å². The summed E-state index contributed by atoms with van der Waals surface area (Å²) in [5, 5.41) is 3.46. The molecule has 0 radical (unpaired) electrons. The molecule has 2 heterocycles. The normalized spacial score (nSPS) is 23.6. The highest BCUT2D eigenvalue weighted by Gasteiger charge is 2.20. The molecule has 1 atom stereocenters. The quantitative estimate of drug-likeness (QED) is 0.806. The van der Waals surface area contributed by atoms with Gasteiger partial charge < -0.3 is 9.88 Å². The molecule has 3 nitrogen and oxygen atoms in total. The van der Waals surface area contributed by atoms with E-state index in [0.717, 1.165) is 25.9 Å². The van der Waals surface area contributed by atoms with E-state index in [1.807, 2.05) is 10.6 Å². The molecule has 1 aliphatic heterocycles. The smallest absolute Gasteiger partial charge is 0.250 e. The maximum Gasteiger partial charge on any atom is 0.250 e. The lowest BCUT2D eigenvalue weighted by Crippen LogP contribution is -2.33. The minimum absolute atomic E-state index is 0.175. The Morgan fingerprint density at radius 3 is 3.06 bits per heavy atom. The van der Waals surface area contributed by atoms with Crippen LogP contribution < -0.4 is 10.9 Å². The van der Waals surface area contributed by atoms with Crippen LogP contribution in [-0.4, -0.2) is 17.2 Å². The molecule has 0 spiro atoms. The van der Waals surface area contributed by atoms with E-state index in [9.17, 15) is 4.79 Å². The molecule has 1 fully saturated rings. The summed E-state index contributed by atoms with van der Waals surface area (Å²) >= 11 is 0. The Bertz CT molecular complexity index is 444. The minimum atomic E-state index is 0.175. The summed E-state index contributed by atoms with van der Waals surface area (Å²) in [6, 6.07) is 4.26. The van der Waals surface area contributed by atoms with Gasteiger partial charge in [0.15, 0.2) is 0 Å². The molecule has 3 rings (SSSR count). The molecule has 86 valence electrons. The van der Waals surface area contributed by atoms with Gasteiger partial charge in [-0.25, -0.2) is 0 Å². The van der Waals surface area contributed by atoms with E-state index in [1.54, 1.807) is 6.07 Å². The van der Waals surface area contributed by atoms with Gasteiger partial charge in [0.2, 0.25) is 0 Å². The van der Waals surface area contributed by atoms with Crippen LogP contribution >= 0.6 is 0 Å². The van der Waals surface area contributed by atoms with Crippen LogP contribution in [0.2, 0.25) is 0 Å². The molecule has 1 aliphatic carbocycles. The molecule has 0 amide bonds. The number of fused-ring (bicyclic) bond motifs is 1. The topological polar surface area (TPSA) is 34.0 Å². The van der Waals surface area contributed by atoms with Gasteiger partial charge in [0.05, 0.1) is 0 Å². The third-order valence-corrected chi connectivity index (χ3v) is 3.81. The largest absolute Gasteiger partial charge is 0.312 e. The van der Waals surface area contributed by atoms with E-state index in [4.69, 9.17) is 0 Å². The molecule has 1 aromatic rings. The van der Waals surface area contributed by atoms with Crippen LogP contribution in [0.4, 0.5) is 0 Å². The summed E-state index contributed by atoms with van der Waals surface area (Å²) in [6.07, 6.45) is 5.88. The predicted octanol–water partition coefficient (Wildman–Crippen LogP) is 1.09. The molecule has 16 heavy (non-hydrogen) atoms. The van der Waals surface area contributed by atoms with Crippen molar-refractivity contribution in [3.05, 3.63) is 33.7 Å². The molecule has 1 saturated heterocycles. The standard InChI is InChI=1S/C13H18N2O/c16-13-7-6-10-3-1-5-12(10)15(13)9-11-4-2-8-14-11/h6-7,11,14H,1-5,8-9H2/t11-/m1/s1. The number of pyridine rings is 1. The Morgan fingerprint density at radius 2 is 2.25 bits per heavy atom. The number of aryl methyl sites for hydroxylation is 1. The van der Waals surface area contributed by atoms with Gasteiger partial charge in [-0.05, 0) is 44.2 Å². The number of aromatic nitrogens is 1. The highest BCUT2D eigenvalue weighted by Crippen LogP contribution is 2.20. The van der Waals surface area contributed by atoms with Crippen molar-refractivity contribution in [3.8, 4) is 0 Å². The van der Waals surface area contributed by atoms with Gasteiger partial charge in [-0.1, -0.05) is 6.07 Å². The predicted molar refractivity (Wildman–Crippen MR) is 63.8 cm³/mol. The summed E-state index contributed by atoms with van der Waals surface area (Å²) in [4.78, 5) is 11.9. The average Bonchev–Trinajstić information content (AvgIpc) is 2.92. The van der Waals surface area contributed by atoms with E-state index < -0.39 is 0 Å². The zero-order chi connectivity index (χ0) is 11.0. The molecular formula is C13H18N2O. The maximum atomic E-state index is 11.9. The van der Waals surface area contributed by atoms with E-state index in [1.165, 1.54) is 30.5 Å². The van der Waals surface area contributed by atoms with Crippen molar-refractivity contribution < 1.29 is 0 Å². The molecule has 1 aromatic heterocycles. The van der Waals surface area contributed by atoms with Crippen LogP contribution in [0.5, 0.6) is 0 Å². The second-order valence-corrected chi connectivity index (χ2v) is 4.90. The monoisotopic (exact) mass is 218 g/mol. The first-order valence-electron chi connectivity index (χ1n) is 6.29. The van der Waals surface area contributed by atoms with Crippen molar-refractivity contribution in [1.82, 2.24) is 9.88 Å². The number of nitrogens with one attached hydrogen (secondary N) is 1. The van der Waals surface area contributed by atoms with Crippen molar-refractivity contribution in [1.29, 1.82) is 0 Å². The van der Waals surface area contributed by atoms with Crippen molar-refractivity contribution >= 4 is 0 Å². The molecule has 2 aliphatic rings. The van der Waals surface area contributed by atoms with Gasteiger partial charge in [-0.15, -0.1) is 0 Å². The Kier molecular flexibility index (Phi) is 2.56. The molecule has 3 heteroatoms. The Hall–Kier alpha value is -1.09. The molecule has 1 N–H and O–H groups in total. The first-order valence-corrected chi connectivity index (χ1v) is 6.29. The molecule has 0 saturated carbocycles. The first kappa shape index (κ1) is 10.1. The lowest BCUT2D eigenvalue weighted by atomic mass is 10.2. The van der Waals surface area contributed by atoms with Crippen LogP contribution in [0, 0.1) is 0 Å². The minimum Gasteiger partial charge on any atom is -0.312 e. The third-order valence-electron chi connectivity index (χ3n) is 3.81. The van der Waals surface area contributed by atoms with Crippen molar-refractivity contribution in [3.63, 3.8) is 0 Å². The Morgan fingerprint density at radius 1 is 1.31 bits per heavy atom. The van der Waals surface area contributed by atoms with E-state index in [-0.39, 0.29) is 5.56 Å². The van der Waals surface area contributed by atoms with Gasteiger partial charge >= 0.3 is 0 Å². The van der Waals surface area contributed by atoms with Crippen LogP contribution in [0.1, 0.15) is 30.5 Å². The number of hydrogen-bond acceptors (Lipinski definition) is 2. The second kappa shape index (κ2) is 4.06. The highest BCUT2D eigenvalue weighted by molar-refractivity contribution is 5.25. The zero-order valence-corrected chi connectivity index (χ0v) is 9.54. The van der Waals surface area contributed by atoms with Gasteiger partial charge in [0.25, 0.3) is 5.56 Å². The highest BCUT2D eigenvalue weighted by atomic mass is 16.1. The lowest BCUT2D eigenvalue weighted by Gasteiger charge is -2.16. The third kappa shape index (κ3) is 1.69. The summed E-state index contributed by atoms with van der Waals surface area (Å²) < 4.78 is 2.01. The fourth-order valence-corrected chi connectivity index (χ4v) is 2.97. The molecule has 0 aromatic carbocycles. The molecular weight excluding hydrogens is 200 g/mol.